The van der Waals surface area contributed by atoms with Crippen molar-refractivity contribution in [2.45, 2.75) is 26.9 Å². The van der Waals surface area contributed by atoms with Crippen LogP contribution in [-0.4, -0.2) is 5.11 Å². The second-order valence-corrected chi connectivity index (χ2v) is 4.51. The first kappa shape index (κ1) is 10.7. The number of nitriles is 1. The van der Waals surface area contributed by atoms with Crippen molar-refractivity contribution in [3.63, 3.8) is 0 Å². The molecule has 0 bridgehead atoms. The van der Waals surface area contributed by atoms with Crippen molar-refractivity contribution in [3.05, 3.63) is 35.4 Å². The Hall–Kier alpha value is -1.33. The van der Waals surface area contributed by atoms with Gasteiger partial charge >= 0.3 is 0 Å². The van der Waals surface area contributed by atoms with Gasteiger partial charge in [-0.3, -0.25) is 0 Å². The van der Waals surface area contributed by atoms with E-state index in [4.69, 9.17) is 5.26 Å². The van der Waals surface area contributed by atoms with Gasteiger partial charge in [-0.25, -0.2) is 0 Å². The molecule has 0 fully saturated rings. The third kappa shape index (κ3) is 2.34. The molecule has 1 aromatic carbocycles. The Bertz CT molecular complexity index is 357. The van der Waals surface area contributed by atoms with E-state index in [0.717, 1.165) is 5.56 Å². The Balaban J connectivity index is 3.03. The van der Waals surface area contributed by atoms with E-state index in [1.165, 1.54) is 0 Å². The first-order valence-corrected chi connectivity index (χ1v) is 4.63. The third-order valence-electron chi connectivity index (χ3n) is 2.15. The van der Waals surface area contributed by atoms with Gasteiger partial charge in [0.05, 0.1) is 17.7 Å². The van der Waals surface area contributed by atoms with E-state index in [1.54, 1.807) is 18.2 Å². The Labute approximate surface area is 84.8 Å². The summed E-state index contributed by atoms with van der Waals surface area (Å²) in [5.41, 5.74) is 1.19. The lowest BCUT2D eigenvalue weighted by atomic mass is 9.84. The van der Waals surface area contributed by atoms with Gasteiger partial charge < -0.3 is 5.11 Å². The maximum Gasteiger partial charge on any atom is 0.0991 e. The average molecular weight is 189 g/mol. The first-order chi connectivity index (χ1) is 6.45. The standard InChI is InChI=1S/C12H15NO/c1-12(2,3)11(14)10-6-4-5-9(7-10)8-13/h4-7,11,14H,1-3H3. The van der Waals surface area contributed by atoms with Crippen molar-refractivity contribution in [1.82, 2.24) is 0 Å². The van der Waals surface area contributed by atoms with E-state index < -0.39 is 6.10 Å². The van der Waals surface area contributed by atoms with Crippen LogP contribution in [-0.2, 0) is 0 Å². The molecule has 74 valence electrons. The molecule has 0 aromatic heterocycles. The monoisotopic (exact) mass is 189 g/mol. The summed E-state index contributed by atoms with van der Waals surface area (Å²) in [5.74, 6) is 0. The largest absolute Gasteiger partial charge is 0.388 e. The fourth-order valence-electron chi connectivity index (χ4n) is 1.28. The van der Waals surface area contributed by atoms with Crippen LogP contribution in [0.2, 0.25) is 0 Å². The van der Waals surface area contributed by atoms with Gasteiger partial charge in [0.1, 0.15) is 0 Å². The summed E-state index contributed by atoms with van der Waals surface area (Å²) in [6.45, 7) is 5.91. The molecule has 0 saturated heterocycles. The number of benzene rings is 1. The van der Waals surface area contributed by atoms with Crippen molar-refractivity contribution in [3.8, 4) is 6.07 Å². The van der Waals surface area contributed by atoms with Crippen LogP contribution in [0.1, 0.15) is 38.0 Å². The quantitative estimate of drug-likeness (QED) is 0.738. The highest BCUT2D eigenvalue weighted by atomic mass is 16.3. The minimum atomic E-state index is -0.532. The zero-order valence-corrected chi connectivity index (χ0v) is 8.78. The van der Waals surface area contributed by atoms with Gasteiger partial charge in [-0.15, -0.1) is 0 Å². The third-order valence-corrected chi connectivity index (χ3v) is 2.15. The van der Waals surface area contributed by atoms with E-state index in [1.807, 2.05) is 26.8 Å². The van der Waals surface area contributed by atoms with Crippen molar-refractivity contribution in [2.24, 2.45) is 5.41 Å². The molecule has 1 N–H and O–H groups in total. The van der Waals surface area contributed by atoms with Gasteiger partial charge in [0, 0.05) is 0 Å². The number of hydrogen-bond acceptors (Lipinski definition) is 2. The molecule has 0 aliphatic heterocycles. The summed E-state index contributed by atoms with van der Waals surface area (Å²) in [6, 6.07) is 9.17. The summed E-state index contributed by atoms with van der Waals surface area (Å²) < 4.78 is 0. The van der Waals surface area contributed by atoms with Gasteiger partial charge in [-0.05, 0) is 23.1 Å². The number of hydrogen-bond donors (Lipinski definition) is 1. The lowest BCUT2D eigenvalue weighted by Gasteiger charge is -2.26. The Morgan fingerprint density at radius 3 is 2.50 bits per heavy atom. The Kier molecular flexibility index (Phi) is 2.93. The number of aliphatic hydroxyl groups excluding tert-OH is 1. The van der Waals surface area contributed by atoms with Crippen LogP contribution in [0.15, 0.2) is 24.3 Å². The summed E-state index contributed by atoms with van der Waals surface area (Å²) in [7, 11) is 0. The highest BCUT2D eigenvalue weighted by Gasteiger charge is 2.23. The van der Waals surface area contributed by atoms with E-state index in [2.05, 4.69) is 6.07 Å². The van der Waals surface area contributed by atoms with Crippen molar-refractivity contribution < 1.29 is 5.11 Å². The maximum atomic E-state index is 9.97. The zero-order valence-electron chi connectivity index (χ0n) is 8.78. The number of aliphatic hydroxyl groups is 1. The molecular weight excluding hydrogens is 174 g/mol. The van der Waals surface area contributed by atoms with Crippen LogP contribution >= 0.6 is 0 Å². The highest BCUT2D eigenvalue weighted by Crippen LogP contribution is 2.32. The number of nitrogens with zero attached hydrogens (tertiary/aromatic N) is 1. The van der Waals surface area contributed by atoms with Crippen LogP contribution in [0.4, 0.5) is 0 Å². The fraction of sp³-hybridized carbons (Fsp3) is 0.417. The van der Waals surface area contributed by atoms with Gasteiger partial charge in [0.15, 0.2) is 0 Å². The van der Waals surface area contributed by atoms with Crippen LogP contribution in [0.25, 0.3) is 0 Å². The summed E-state index contributed by atoms with van der Waals surface area (Å²) in [5, 5.41) is 18.7. The van der Waals surface area contributed by atoms with Crippen molar-refractivity contribution in [2.75, 3.05) is 0 Å². The smallest absolute Gasteiger partial charge is 0.0991 e. The van der Waals surface area contributed by atoms with Crippen LogP contribution in [0.5, 0.6) is 0 Å². The van der Waals surface area contributed by atoms with Gasteiger partial charge in [-0.2, -0.15) is 5.26 Å². The topological polar surface area (TPSA) is 44.0 Å². The molecule has 2 nitrogen and oxygen atoms in total. The molecule has 1 rings (SSSR count). The molecule has 0 radical (unpaired) electrons. The molecule has 0 heterocycles. The van der Waals surface area contributed by atoms with Crippen LogP contribution in [0.3, 0.4) is 0 Å². The van der Waals surface area contributed by atoms with Crippen LogP contribution in [0, 0.1) is 16.7 Å². The summed E-state index contributed by atoms with van der Waals surface area (Å²) in [6.07, 6.45) is -0.532. The van der Waals surface area contributed by atoms with E-state index in [9.17, 15) is 5.11 Å². The van der Waals surface area contributed by atoms with Gasteiger partial charge in [0.25, 0.3) is 0 Å². The minimum Gasteiger partial charge on any atom is -0.388 e. The lowest BCUT2D eigenvalue weighted by molar-refractivity contribution is 0.0626. The molecule has 0 aliphatic carbocycles. The highest BCUT2D eigenvalue weighted by molar-refractivity contribution is 5.34. The molecule has 0 spiro atoms. The molecule has 0 amide bonds. The summed E-state index contributed by atoms with van der Waals surface area (Å²) in [4.78, 5) is 0. The van der Waals surface area contributed by atoms with E-state index in [0.29, 0.717) is 5.56 Å². The molecule has 14 heavy (non-hydrogen) atoms. The molecule has 1 aromatic rings. The zero-order chi connectivity index (χ0) is 10.8. The Morgan fingerprint density at radius 2 is 2.00 bits per heavy atom. The molecule has 1 unspecified atom stereocenters. The fourth-order valence-corrected chi connectivity index (χ4v) is 1.28. The van der Waals surface area contributed by atoms with Crippen molar-refractivity contribution >= 4 is 0 Å². The first-order valence-electron chi connectivity index (χ1n) is 4.63. The normalized spacial score (nSPS) is 13.4. The van der Waals surface area contributed by atoms with E-state index in [-0.39, 0.29) is 5.41 Å². The van der Waals surface area contributed by atoms with Gasteiger partial charge in [0.2, 0.25) is 0 Å². The van der Waals surface area contributed by atoms with Crippen molar-refractivity contribution in [1.29, 1.82) is 5.26 Å². The second-order valence-electron chi connectivity index (χ2n) is 4.51. The summed E-state index contributed by atoms with van der Waals surface area (Å²) >= 11 is 0. The molecule has 0 saturated carbocycles. The average Bonchev–Trinajstić information content (AvgIpc) is 2.15. The van der Waals surface area contributed by atoms with Crippen LogP contribution < -0.4 is 0 Å². The SMILES string of the molecule is CC(C)(C)C(O)c1cccc(C#N)c1. The lowest BCUT2D eigenvalue weighted by Crippen LogP contribution is -2.17. The molecule has 2 heteroatoms. The molecule has 0 aliphatic rings. The Morgan fingerprint density at radius 1 is 1.36 bits per heavy atom. The predicted molar refractivity (Wildman–Crippen MR) is 55.6 cm³/mol. The second kappa shape index (κ2) is 3.81. The number of rotatable bonds is 1. The molecule has 1 atom stereocenters. The maximum absolute atomic E-state index is 9.97. The van der Waals surface area contributed by atoms with Gasteiger partial charge in [-0.1, -0.05) is 32.9 Å². The molecular formula is C12H15NO. The predicted octanol–water partition coefficient (Wildman–Crippen LogP) is 2.64. The van der Waals surface area contributed by atoms with E-state index >= 15 is 0 Å². The minimum absolute atomic E-state index is 0.200.